The number of hydrogen-bond donors (Lipinski definition) is 1. The number of anilines is 1. The summed E-state index contributed by atoms with van der Waals surface area (Å²) in [4.78, 5) is 0. The monoisotopic (exact) mass is 246 g/mol. The highest BCUT2D eigenvalue weighted by molar-refractivity contribution is 5.45. The Morgan fingerprint density at radius 1 is 1.28 bits per heavy atom. The number of nitrogens with one attached hydrogen (secondary N) is 1. The molecule has 0 aliphatic rings. The van der Waals surface area contributed by atoms with Gasteiger partial charge in [-0.3, -0.25) is 0 Å². The summed E-state index contributed by atoms with van der Waals surface area (Å²) < 4.78 is 12.9. The van der Waals surface area contributed by atoms with E-state index in [2.05, 4.69) is 32.2 Å². The summed E-state index contributed by atoms with van der Waals surface area (Å²) >= 11 is 0. The Labute approximate surface area is 109 Å². The Morgan fingerprint density at radius 3 is 2.72 bits per heavy atom. The van der Waals surface area contributed by atoms with E-state index in [1.54, 1.807) is 6.07 Å². The molecule has 1 radical (unpaired) electrons. The van der Waals surface area contributed by atoms with Crippen molar-refractivity contribution in [1.82, 2.24) is 0 Å². The third-order valence-electron chi connectivity index (χ3n) is 2.53. The van der Waals surface area contributed by atoms with Gasteiger partial charge >= 0.3 is 0 Å². The molecule has 1 nitrogen and oxygen atoms in total. The quantitative estimate of drug-likeness (QED) is 0.689. The van der Waals surface area contributed by atoms with Crippen LogP contribution in [-0.2, 0) is 0 Å². The fourth-order valence-corrected chi connectivity index (χ4v) is 1.53. The number of allylic oxidation sites excluding steroid dienone is 3. The van der Waals surface area contributed by atoms with Crippen molar-refractivity contribution in [3.05, 3.63) is 59.9 Å². The molecule has 0 bridgehead atoms. The molecule has 0 atom stereocenters. The van der Waals surface area contributed by atoms with Crippen LogP contribution < -0.4 is 5.32 Å². The van der Waals surface area contributed by atoms with Crippen molar-refractivity contribution in [2.45, 2.75) is 33.6 Å². The summed E-state index contributed by atoms with van der Waals surface area (Å²) in [5.41, 5.74) is 3.42. The standard InChI is InChI=1S/C16H21FN/c1-13(2)6-4-7-14(3)10-11-18-16-9-5-8-15(17)12-16/h5-6,8-12,18H,4,7H2,1-3H3/b14-10+. The first-order valence-electron chi connectivity index (χ1n) is 6.22. The number of benzene rings is 1. The molecule has 1 aromatic carbocycles. The fourth-order valence-electron chi connectivity index (χ4n) is 1.53. The zero-order chi connectivity index (χ0) is 13.4. The van der Waals surface area contributed by atoms with Crippen molar-refractivity contribution in [2.24, 2.45) is 0 Å². The van der Waals surface area contributed by atoms with Gasteiger partial charge in [0.05, 0.1) is 6.54 Å². The van der Waals surface area contributed by atoms with Gasteiger partial charge in [-0.2, -0.15) is 0 Å². The van der Waals surface area contributed by atoms with E-state index < -0.39 is 0 Å². The molecule has 97 valence electrons. The minimum Gasteiger partial charge on any atom is -0.376 e. The van der Waals surface area contributed by atoms with Gasteiger partial charge in [0.15, 0.2) is 0 Å². The molecule has 0 amide bonds. The molecule has 0 heterocycles. The van der Waals surface area contributed by atoms with E-state index >= 15 is 0 Å². The molecular weight excluding hydrogens is 225 g/mol. The van der Waals surface area contributed by atoms with Crippen molar-refractivity contribution in [1.29, 1.82) is 0 Å². The predicted molar refractivity (Wildman–Crippen MR) is 76.7 cm³/mol. The lowest BCUT2D eigenvalue weighted by molar-refractivity contribution is 0.628. The molecule has 0 aliphatic heterocycles. The first kappa shape index (κ1) is 14.5. The van der Waals surface area contributed by atoms with E-state index in [0.29, 0.717) is 0 Å². The maximum absolute atomic E-state index is 12.9. The van der Waals surface area contributed by atoms with Crippen LogP contribution in [0.25, 0.3) is 0 Å². The van der Waals surface area contributed by atoms with Gasteiger partial charge in [-0.05, 0) is 51.8 Å². The summed E-state index contributed by atoms with van der Waals surface area (Å²) in [5, 5.41) is 3.06. The zero-order valence-electron chi connectivity index (χ0n) is 11.3. The van der Waals surface area contributed by atoms with Crippen LogP contribution in [0.5, 0.6) is 0 Å². The van der Waals surface area contributed by atoms with Crippen molar-refractivity contribution in [3.63, 3.8) is 0 Å². The fraction of sp³-hybridized carbons (Fsp3) is 0.312. The Morgan fingerprint density at radius 2 is 2.06 bits per heavy atom. The molecule has 2 heteroatoms. The van der Waals surface area contributed by atoms with Gasteiger partial charge < -0.3 is 5.32 Å². The van der Waals surface area contributed by atoms with E-state index in [9.17, 15) is 4.39 Å². The third-order valence-corrected chi connectivity index (χ3v) is 2.53. The first-order chi connectivity index (χ1) is 8.58. The molecule has 0 spiro atoms. The normalized spacial score (nSPS) is 11.2. The summed E-state index contributed by atoms with van der Waals surface area (Å²) in [5.74, 6) is -0.224. The van der Waals surface area contributed by atoms with Crippen molar-refractivity contribution in [2.75, 3.05) is 5.32 Å². The Bertz CT molecular complexity index is 428. The zero-order valence-corrected chi connectivity index (χ0v) is 11.3. The van der Waals surface area contributed by atoms with Crippen LogP contribution >= 0.6 is 0 Å². The highest BCUT2D eigenvalue weighted by Gasteiger charge is 1.93. The van der Waals surface area contributed by atoms with Gasteiger partial charge in [0.2, 0.25) is 0 Å². The van der Waals surface area contributed by atoms with E-state index in [0.717, 1.165) is 18.5 Å². The van der Waals surface area contributed by atoms with Crippen molar-refractivity contribution in [3.8, 4) is 0 Å². The smallest absolute Gasteiger partial charge is 0.125 e. The van der Waals surface area contributed by atoms with Gasteiger partial charge in [0.1, 0.15) is 5.82 Å². The van der Waals surface area contributed by atoms with E-state index in [-0.39, 0.29) is 5.82 Å². The van der Waals surface area contributed by atoms with Crippen LogP contribution in [0, 0.1) is 12.4 Å². The average Bonchev–Trinajstić information content (AvgIpc) is 2.28. The second-order valence-electron chi connectivity index (χ2n) is 4.65. The lowest BCUT2D eigenvalue weighted by atomic mass is 10.1. The summed E-state index contributed by atoms with van der Waals surface area (Å²) in [6, 6.07) is 6.44. The molecule has 0 unspecified atom stereocenters. The number of halogens is 1. The molecule has 18 heavy (non-hydrogen) atoms. The minimum atomic E-state index is -0.224. The molecule has 0 saturated carbocycles. The number of hydrogen-bond acceptors (Lipinski definition) is 1. The van der Waals surface area contributed by atoms with Gasteiger partial charge in [-0.1, -0.05) is 29.4 Å². The molecule has 1 rings (SSSR count). The van der Waals surface area contributed by atoms with Crippen LogP contribution in [0.15, 0.2) is 47.6 Å². The second-order valence-corrected chi connectivity index (χ2v) is 4.65. The lowest BCUT2D eigenvalue weighted by Gasteiger charge is -2.04. The van der Waals surface area contributed by atoms with Gasteiger partial charge in [0.25, 0.3) is 0 Å². The van der Waals surface area contributed by atoms with Crippen LogP contribution in [0.1, 0.15) is 33.6 Å². The average molecular weight is 246 g/mol. The SMILES string of the molecule is CC(C)=CCC/C(C)=C/[CH]Nc1cccc(F)c1. The molecule has 1 N–H and O–H groups in total. The molecule has 1 aromatic rings. The Hall–Kier alpha value is -1.57. The molecular formula is C16H21FN. The highest BCUT2D eigenvalue weighted by atomic mass is 19.1. The van der Waals surface area contributed by atoms with Crippen molar-refractivity contribution >= 4 is 5.69 Å². The molecule has 0 aliphatic carbocycles. The van der Waals surface area contributed by atoms with E-state index in [1.807, 2.05) is 18.7 Å². The predicted octanol–water partition coefficient (Wildman–Crippen LogP) is 5.09. The van der Waals surface area contributed by atoms with Gasteiger partial charge in [-0.15, -0.1) is 0 Å². The molecule has 0 fully saturated rings. The van der Waals surface area contributed by atoms with Crippen LogP contribution in [0.4, 0.5) is 10.1 Å². The lowest BCUT2D eigenvalue weighted by Crippen LogP contribution is -1.93. The number of rotatable bonds is 6. The first-order valence-corrected chi connectivity index (χ1v) is 6.22. The maximum atomic E-state index is 12.9. The molecule has 0 aromatic heterocycles. The van der Waals surface area contributed by atoms with E-state index in [1.165, 1.54) is 23.3 Å². The maximum Gasteiger partial charge on any atom is 0.125 e. The van der Waals surface area contributed by atoms with Crippen LogP contribution in [-0.4, -0.2) is 0 Å². The van der Waals surface area contributed by atoms with Crippen molar-refractivity contribution < 1.29 is 4.39 Å². The molecule has 0 saturated heterocycles. The topological polar surface area (TPSA) is 12.0 Å². The van der Waals surface area contributed by atoms with Crippen LogP contribution in [0.2, 0.25) is 0 Å². The van der Waals surface area contributed by atoms with Crippen LogP contribution in [0.3, 0.4) is 0 Å². The summed E-state index contributed by atoms with van der Waals surface area (Å²) in [6.45, 7) is 8.17. The summed E-state index contributed by atoms with van der Waals surface area (Å²) in [7, 11) is 0. The van der Waals surface area contributed by atoms with Gasteiger partial charge in [0, 0.05) is 5.69 Å². The second kappa shape index (κ2) is 7.70. The Kier molecular flexibility index (Phi) is 6.20. The highest BCUT2D eigenvalue weighted by Crippen LogP contribution is 2.11. The van der Waals surface area contributed by atoms with E-state index in [4.69, 9.17) is 0 Å². The summed E-state index contributed by atoms with van der Waals surface area (Å²) in [6.07, 6.45) is 6.38. The minimum absolute atomic E-state index is 0.224. The largest absolute Gasteiger partial charge is 0.376 e. The Balaban J connectivity index is 2.33. The van der Waals surface area contributed by atoms with Gasteiger partial charge in [-0.25, -0.2) is 4.39 Å². The third kappa shape index (κ3) is 6.24.